The number of aromatic carboxylic acids is 1. The number of rotatable bonds is 7. The number of carboxylic acid groups (broad SMARTS) is 1. The Morgan fingerprint density at radius 1 is 1.13 bits per heavy atom. The second-order valence-electron chi connectivity index (χ2n) is 8.63. The van der Waals surface area contributed by atoms with Crippen LogP contribution in [-0.4, -0.2) is 35.3 Å². The monoisotopic (exact) mass is 544 g/mol. The molecule has 1 N–H and O–H groups in total. The summed E-state index contributed by atoms with van der Waals surface area (Å²) in [6, 6.07) is 16.3. The van der Waals surface area contributed by atoms with Crippen LogP contribution in [0.1, 0.15) is 41.6 Å². The van der Waals surface area contributed by atoms with E-state index in [4.69, 9.17) is 13.9 Å². The fraction of sp³-hybridized carbons (Fsp3) is 0.172. The van der Waals surface area contributed by atoms with Crippen molar-refractivity contribution < 1.29 is 28.6 Å². The van der Waals surface area contributed by atoms with E-state index in [1.54, 1.807) is 81.6 Å². The molecular formula is C29H24N2O7S. The van der Waals surface area contributed by atoms with Gasteiger partial charge < -0.3 is 19.0 Å². The molecule has 2 aromatic heterocycles. The number of nitrogens with zero attached hydrogens (tertiary/aromatic N) is 2. The first-order valence-electron chi connectivity index (χ1n) is 12.1. The minimum absolute atomic E-state index is 0.110. The average Bonchev–Trinajstić information content (AvgIpc) is 3.52. The Morgan fingerprint density at radius 2 is 1.87 bits per heavy atom. The van der Waals surface area contributed by atoms with Gasteiger partial charge in [-0.2, -0.15) is 0 Å². The van der Waals surface area contributed by atoms with Crippen molar-refractivity contribution in [2.24, 2.45) is 4.99 Å². The fourth-order valence-electron chi connectivity index (χ4n) is 4.48. The average molecular weight is 545 g/mol. The number of carbonyl (C=O) groups excluding carboxylic acids is 1. The van der Waals surface area contributed by atoms with E-state index in [1.807, 2.05) is 0 Å². The molecule has 0 saturated heterocycles. The lowest BCUT2D eigenvalue weighted by Crippen LogP contribution is -2.39. The number of aromatic nitrogens is 1. The molecule has 0 fully saturated rings. The predicted octanol–water partition coefficient (Wildman–Crippen LogP) is 3.77. The Hall–Kier alpha value is -4.70. The number of furan rings is 1. The Labute approximate surface area is 226 Å². The van der Waals surface area contributed by atoms with Crippen LogP contribution in [0, 0.1) is 0 Å². The molecule has 2 aromatic carbocycles. The van der Waals surface area contributed by atoms with E-state index in [0.717, 1.165) is 0 Å². The van der Waals surface area contributed by atoms with Crippen molar-refractivity contribution >= 4 is 29.4 Å². The van der Waals surface area contributed by atoms with E-state index < -0.39 is 18.0 Å². The first-order valence-corrected chi connectivity index (χ1v) is 12.9. The SMILES string of the molecule is CCOC(=O)C1=C(C)N=c2s/c(=C\c3ccc(-c4ccccc4C(=O)O)o3)c(=O)n2[C@H]1c1ccc(OC)cc1. The van der Waals surface area contributed by atoms with Crippen LogP contribution >= 0.6 is 11.3 Å². The number of ether oxygens (including phenoxy) is 2. The molecule has 0 amide bonds. The Morgan fingerprint density at radius 3 is 2.56 bits per heavy atom. The summed E-state index contributed by atoms with van der Waals surface area (Å²) in [6.07, 6.45) is 1.59. The van der Waals surface area contributed by atoms with Gasteiger partial charge in [0.05, 0.1) is 41.1 Å². The molecule has 0 unspecified atom stereocenters. The zero-order valence-corrected chi connectivity index (χ0v) is 22.2. The van der Waals surface area contributed by atoms with Gasteiger partial charge in [0.2, 0.25) is 0 Å². The molecule has 0 aliphatic carbocycles. The summed E-state index contributed by atoms with van der Waals surface area (Å²) in [5.41, 5.74) is 1.64. The zero-order valence-electron chi connectivity index (χ0n) is 21.3. The summed E-state index contributed by atoms with van der Waals surface area (Å²) in [4.78, 5) is 43.4. The van der Waals surface area contributed by atoms with Gasteiger partial charge >= 0.3 is 11.9 Å². The highest BCUT2D eigenvalue weighted by molar-refractivity contribution is 7.07. The third-order valence-electron chi connectivity index (χ3n) is 6.27. The maximum absolute atomic E-state index is 13.7. The number of methoxy groups -OCH3 is 1. The van der Waals surface area contributed by atoms with Crippen LogP contribution in [-0.2, 0) is 9.53 Å². The van der Waals surface area contributed by atoms with Gasteiger partial charge in [0.15, 0.2) is 4.80 Å². The molecule has 39 heavy (non-hydrogen) atoms. The lowest BCUT2D eigenvalue weighted by molar-refractivity contribution is -0.139. The number of fused-ring (bicyclic) bond motifs is 1. The topological polar surface area (TPSA) is 120 Å². The van der Waals surface area contributed by atoms with Crippen molar-refractivity contribution in [3.05, 3.63) is 109 Å². The third kappa shape index (κ3) is 4.82. The minimum atomic E-state index is -1.07. The number of hydrogen-bond acceptors (Lipinski definition) is 8. The van der Waals surface area contributed by atoms with E-state index in [-0.39, 0.29) is 23.3 Å². The molecule has 198 valence electrons. The molecule has 5 rings (SSSR count). The van der Waals surface area contributed by atoms with Gasteiger partial charge in [-0.15, -0.1) is 0 Å². The van der Waals surface area contributed by atoms with Crippen molar-refractivity contribution in [3.8, 4) is 17.1 Å². The lowest BCUT2D eigenvalue weighted by Gasteiger charge is -2.24. The maximum atomic E-state index is 13.7. The third-order valence-corrected chi connectivity index (χ3v) is 7.25. The summed E-state index contributed by atoms with van der Waals surface area (Å²) in [5, 5.41) is 9.52. The number of thiazole rings is 1. The van der Waals surface area contributed by atoms with E-state index in [2.05, 4.69) is 4.99 Å². The van der Waals surface area contributed by atoms with E-state index in [9.17, 15) is 19.5 Å². The van der Waals surface area contributed by atoms with Crippen LogP contribution in [0.5, 0.6) is 5.75 Å². The van der Waals surface area contributed by atoms with E-state index >= 15 is 0 Å². The van der Waals surface area contributed by atoms with Crippen LogP contribution in [0.3, 0.4) is 0 Å². The fourth-order valence-corrected chi connectivity index (χ4v) is 5.51. The van der Waals surface area contributed by atoms with Gasteiger partial charge in [-0.3, -0.25) is 9.36 Å². The molecule has 1 atom stereocenters. The highest BCUT2D eigenvalue weighted by atomic mass is 32.1. The quantitative estimate of drug-likeness (QED) is 0.352. The zero-order chi connectivity index (χ0) is 27.7. The van der Waals surface area contributed by atoms with Gasteiger partial charge in [-0.1, -0.05) is 41.7 Å². The van der Waals surface area contributed by atoms with Gasteiger partial charge in [-0.25, -0.2) is 14.6 Å². The standard InChI is InChI=1S/C29H24N2O7S/c1-4-37-28(35)24-16(2)30-29-31(25(24)17-9-11-18(36-3)12-10-17)26(32)23(39-29)15-19-13-14-22(38-19)20-7-5-6-8-21(20)27(33)34/h5-15,25H,4H2,1-3H3,(H,33,34)/b23-15-/t25-/m0/s1. The van der Waals surface area contributed by atoms with Gasteiger partial charge in [0.25, 0.3) is 5.56 Å². The number of carboxylic acids is 1. The second-order valence-corrected chi connectivity index (χ2v) is 9.64. The van der Waals surface area contributed by atoms with Gasteiger partial charge in [0, 0.05) is 11.6 Å². The van der Waals surface area contributed by atoms with Gasteiger partial charge in [-0.05, 0) is 49.7 Å². The largest absolute Gasteiger partial charge is 0.497 e. The van der Waals surface area contributed by atoms with Crippen LogP contribution in [0.2, 0.25) is 0 Å². The first-order chi connectivity index (χ1) is 18.8. The number of benzene rings is 2. The Bertz CT molecular complexity index is 1790. The summed E-state index contributed by atoms with van der Waals surface area (Å²) in [5.74, 6) is -0.228. The Balaban J connectivity index is 1.63. The van der Waals surface area contributed by atoms with Crippen LogP contribution < -0.4 is 19.6 Å². The normalized spacial score (nSPS) is 15.1. The molecule has 1 aliphatic rings. The number of allylic oxidation sites excluding steroid dienone is 1. The molecule has 3 heterocycles. The highest BCUT2D eigenvalue weighted by Gasteiger charge is 2.33. The molecular weight excluding hydrogens is 520 g/mol. The summed E-state index contributed by atoms with van der Waals surface area (Å²) in [7, 11) is 1.56. The number of esters is 1. The van der Waals surface area contributed by atoms with Crippen LogP contribution in [0.4, 0.5) is 0 Å². The molecule has 10 heteroatoms. The van der Waals surface area contributed by atoms with Gasteiger partial charge in [0.1, 0.15) is 17.3 Å². The van der Waals surface area contributed by atoms with Crippen molar-refractivity contribution in [2.75, 3.05) is 13.7 Å². The molecule has 0 radical (unpaired) electrons. The predicted molar refractivity (Wildman–Crippen MR) is 144 cm³/mol. The molecule has 0 bridgehead atoms. The number of carbonyl (C=O) groups is 2. The summed E-state index contributed by atoms with van der Waals surface area (Å²) >= 11 is 1.17. The van der Waals surface area contributed by atoms with E-state index in [0.29, 0.717) is 43.4 Å². The minimum Gasteiger partial charge on any atom is -0.497 e. The van der Waals surface area contributed by atoms with Crippen molar-refractivity contribution in [1.29, 1.82) is 0 Å². The smallest absolute Gasteiger partial charge is 0.338 e. The number of hydrogen-bond donors (Lipinski definition) is 1. The molecule has 9 nitrogen and oxygen atoms in total. The molecule has 4 aromatic rings. The summed E-state index contributed by atoms with van der Waals surface area (Å²) in [6.45, 7) is 3.62. The summed E-state index contributed by atoms with van der Waals surface area (Å²) < 4.78 is 18.3. The second kappa shape index (κ2) is 10.6. The van der Waals surface area contributed by atoms with Crippen LogP contribution in [0.25, 0.3) is 17.4 Å². The first kappa shape index (κ1) is 25.9. The van der Waals surface area contributed by atoms with Crippen LogP contribution in [0.15, 0.2) is 86.1 Å². The highest BCUT2D eigenvalue weighted by Crippen LogP contribution is 2.32. The van der Waals surface area contributed by atoms with E-state index in [1.165, 1.54) is 22.0 Å². The molecule has 0 spiro atoms. The molecule has 1 aliphatic heterocycles. The van der Waals surface area contributed by atoms with Crippen molar-refractivity contribution in [3.63, 3.8) is 0 Å². The maximum Gasteiger partial charge on any atom is 0.338 e. The Kier molecular flexibility index (Phi) is 7.03. The van der Waals surface area contributed by atoms with Crippen molar-refractivity contribution in [2.45, 2.75) is 19.9 Å². The molecule has 0 saturated carbocycles. The van der Waals surface area contributed by atoms with Crippen molar-refractivity contribution in [1.82, 2.24) is 4.57 Å². The lowest BCUT2D eigenvalue weighted by atomic mass is 9.96.